The number of hydrogen-bond acceptors (Lipinski definition) is 3. The fraction of sp³-hybridized carbons (Fsp3) is 0.174. The lowest BCUT2D eigenvalue weighted by Crippen LogP contribution is -2.37. The summed E-state index contributed by atoms with van der Waals surface area (Å²) in [6.07, 6.45) is 0. The van der Waals surface area contributed by atoms with Gasteiger partial charge in [-0.2, -0.15) is 4.31 Å². The van der Waals surface area contributed by atoms with Crippen LogP contribution in [0.25, 0.3) is 0 Å². The molecule has 0 saturated carbocycles. The first-order valence-electron chi connectivity index (χ1n) is 9.53. The van der Waals surface area contributed by atoms with E-state index < -0.39 is 15.9 Å². The van der Waals surface area contributed by atoms with E-state index in [1.54, 1.807) is 18.2 Å². The molecule has 0 unspecified atom stereocenters. The van der Waals surface area contributed by atoms with Crippen LogP contribution < -0.4 is 5.32 Å². The Bertz CT molecular complexity index is 1200. The second kappa shape index (κ2) is 9.83. The van der Waals surface area contributed by atoms with Gasteiger partial charge in [-0.15, -0.1) is 0 Å². The van der Waals surface area contributed by atoms with Crippen molar-refractivity contribution in [2.45, 2.75) is 25.3 Å². The number of amides is 1. The lowest BCUT2D eigenvalue weighted by molar-refractivity contribution is -0.116. The van der Waals surface area contributed by atoms with Crippen molar-refractivity contribution in [1.82, 2.24) is 4.31 Å². The number of sulfonamides is 1. The average Bonchev–Trinajstić information content (AvgIpc) is 2.72. The van der Waals surface area contributed by atoms with Gasteiger partial charge in [0.1, 0.15) is 0 Å². The Balaban J connectivity index is 1.91. The average molecular weight is 477 g/mol. The van der Waals surface area contributed by atoms with Gasteiger partial charge in [0.15, 0.2) is 0 Å². The molecule has 3 aromatic rings. The summed E-state index contributed by atoms with van der Waals surface area (Å²) in [5.74, 6) is -0.462. The van der Waals surface area contributed by atoms with Crippen molar-refractivity contribution in [3.63, 3.8) is 0 Å². The zero-order valence-corrected chi connectivity index (χ0v) is 19.4. The second-order valence-electron chi connectivity index (χ2n) is 7.16. The van der Waals surface area contributed by atoms with E-state index in [4.69, 9.17) is 23.2 Å². The van der Waals surface area contributed by atoms with Crippen molar-refractivity contribution >= 4 is 44.8 Å². The summed E-state index contributed by atoms with van der Waals surface area (Å²) in [6, 6.07) is 18.5. The number of rotatable bonds is 7. The molecular weight excluding hydrogens is 455 g/mol. The van der Waals surface area contributed by atoms with Gasteiger partial charge in [0.25, 0.3) is 0 Å². The van der Waals surface area contributed by atoms with Crippen LogP contribution in [0.3, 0.4) is 0 Å². The number of nitrogens with zero attached hydrogens (tertiary/aromatic N) is 1. The van der Waals surface area contributed by atoms with E-state index in [-0.39, 0.29) is 18.0 Å². The Kier molecular flexibility index (Phi) is 7.38. The third-order valence-electron chi connectivity index (χ3n) is 4.85. The van der Waals surface area contributed by atoms with Crippen LogP contribution in [-0.2, 0) is 21.4 Å². The summed E-state index contributed by atoms with van der Waals surface area (Å²) in [5, 5.41) is 3.67. The number of carbonyl (C=O) groups excluding carboxylic acids is 1. The van der Waals surface area contributed by atoms with Crippen molar-refractivity contribution in [3.8, 4) is 0 Å². The maximum Gasteiger partial charge on any atom is 0.243 e. The molecule has 0 atom stereocenters. The van der Waals surface area contributed by atoms with Crippen LogP contribution in [0.1, 0.15) is 16.7 Å². The molecule has 0 aliphatic heterocycles. The quantitative estimate of drug-likeness (QED) is 0.493. The molecule has 0 radical (unpaired) electrons. The van der Waals surface area contributed by atoms with Gasteiger partial charge in [-0.3, -0.25) is 4.79 Å². The SMILES string of the molecule is Cc1ccccc1CN(CC(=O)Nc1cc(Cl)ccc1C)S(=O)(=O)c1ccc(Cl)cc1. The van der Waals surface area contributed by atoms with Gasteiger partial charge < -0.3 is 5.32 Å². The minimum Gasteiger partial charge on any atom is -0.325 e. The predicted molar refractivity (Wildman–Crippen MR) is 125 cm³/mol. The fourth-order valence-corrected chi connectivity index (χ4v) is 4.71. The number of aryl methyl sites for hydroxylation is 2. The smallest absolute Gasteiger partial charge is 0.243 e. The monoisotopic (exact) mass is 476 g/mol. The van der Waals surface area contributed by atoms with E-state index in [9.17, 15) is 13.2 Å². The number of anilines is 1. The maximum absolute atomic E-state index is 13.4. The Morgan fingerprint density at radius 1 is 0.903 bits per heavy atom. The van der Waals surface area contributed by atoms with Crippen molar-refractivity contribution in [3.05, 3.63) is 93.5 Å². The molecular formula is C23H22Cl2N2O3S. The Hall–Kier alpha value is -2.38. The lowest BCUT2D eigenvalue weighted by atomic mass is 10.1. The molecule has 3 rings (SSSR count). The van der Waals surface area contributed by atoms with Crippen LogP contribution in [0, 0.1) is 13.8 Å². The Morgan fingerprint density at radius 2 is 1.55 bits per heavy atom. The standard InChI is InChI=1S/C23H22Cl2N2O3S/c1-16-5-3-4-6-18(16)14-27(31(29,30)21-11-9-19(24)10-12-21)15-23(28)26-22-13-20(25)8-7-17(22)2/h3-13H,14-15H2,1-2H3,(H,26,28). The van der Waals surface area contributed by atoms with Gasteiger partial charge in [-0.25, -0.2) is 8.42 Å². The van der Waals surface area contributed by atoms with Crippen molar-refractivity contribution in [2.75, 3.05) is 11.9 Å². The molecule has 0 heterocycles. The second-order valence-corrected chi connectivity index (χ2v) is 9.97. The molecule has 0 aliphatic carbocycles. The van der Waals surface area contributed by atoms with E-state index in [0.29, 0.717) is 15.7 Å². The summed E-state index contributed by atoms with van der Waals surface area (Å²) in [7, 11) is -3.95. The molecule has 0 aliphatic rings. The van der Waals surface area contributed by atoms with E-state index in [0.717, 1.165) is 21.0 Å². The van der Waals surface area contributed by atoms with E-state index in [1.165, 1.54) is 24.3 Å². The molecule has 3 aromatic carbocycles. The highest BCUT2D eigenvalue weighted by atomic mass is 35.5. The third kappa shape index (κ3) is 5.86. The summed E-state index contributed by atoms with van der Waals surface area (Å²) >= 11 is 11.9. The molecule has 0 spiro atoms. The van der Waals surface area contributed by atoms with Crippen molar-refractivity contribution in [1.29, 1.82) is 0 Å². The Morgan fingerprint density at radius 3 is 2.23 bits per heavy atom. The zero-order valence-electron chi connectivity index (χ0n) is 17.1. The van der Waals surface area contributed by atoms with Gasteiger partial charge in [0.05, 0.1) is 11.4 Å². The number of hydrogen-bond donors (Lipinski definition) is 1. The van der Waals surface area contributed by atoms with Crippen molar-refractivity contribution in [2.24, 2.45) is 0 Å². The molecule has 31 heavy (non-hydrogen) atoms. The number of benzene rings is 3. The van der Waals surface area contributed by atoms with Gasteiger partial charge in [-0.1, -0.05) is 53.5 Å². The molecule has 0 fully saturated rings. The summed E-state index contributed by atoms with van der Waals surface area (Å²) in [6.45, 7) is 3.43. The first kappa shape index (κ1) is 23.3. The summed E-state index contributed by atoms with van der Waals surface area (Å²) < 4.78 is 27.9. The normalized spacial score (nSPS) is 11.5. The van der Waals surface area contributed by atoms with Crippen LogP contribution in [0.15, 0.2) is 71.6 Å². The van der Waals surface area contributed by atoms with E-state index >= 15 is 0 Å². The van der Waals surface area contributed by atoms with E-state index in [2.05, 4.69) is 5.32 Å². The summed E-state index contributed by atoms with van der Waals surface area (Å²) in [4.78, 5) is 12.9. The highest BCUT2D eigenvalue weighted by Crippen LogP contribution is 2.23. The minimum atomic E-state index is -3.95. The molecule has 1 amide bonds. The van der Waals surface area contributed by atoms with Crippen molar-refractivity contribution < 1.29 is 13.2 Å². The summed E-state index contributed by atoms with van der Waals surface area (Å²) in [5.41, 5.74) is 3.11. The fourth-order valence-electron chi connectivity index (χ4n) is 3.04. The topological polar surface area (TPSA) is 66.5 Å². The largest absolute Gasteiger partial charge is 0.325 e. The van der Waals surface area contributed by atoms with Gasteiger partial charge >= 0.3 is 0 Å². The number of nitrogens with one attached hydrogen (secondary N) is 1. The van der Waals surface area contributed by atoms with Crippen LogP contribution in [-0.4, -0.2) is 25.2 Å². The lowest BCUT2D eigenvalue weighted by Gasteiger charge is -2.23. The van der Waals surface area contributed by atoms with Gasteiger partial charge in [0, 0.05) is 22.3 Å². The first-order valence-corrected chi connectivity index (χ1v) is 11.7. The van der Waals surface area contributed by atoms with Crippen LogP contribution in [0.5, 0.6) is 0 Å². The highest BCUT2D eigenvalue weighted by Gasteiger charge is 2.27. The molecule has 162 valence electrons. The molecule has 0 aromatic heterocycles. The Labute approximate surface area is 192 Å². The minimum absolute atomic E-state index is 0.0551. The van der Waals surface area contributed by atoms with Gasteiger partial charge in [0.2, 0.25) is 15.9 Å². The zero-order chi connectivity index (χ0) is 22.6. The molecule has 0 saturated heterocycles. The first-order chi connectivity index (χ1) is 14.7. The maximum atomic E-state index is 13.4. The number of carbonyl (C=O) groups is 1. The van der Waals surface area contributed by atoms with Gasteiger partial charge in [-0.05, 0) is 66.9 Å². The van der Waals surface area contributed by atoms with E-state index in [1.807, 2.05) is 38.1 Å². The molecule has 1 N–H and O–H groups in total. The molecule has 0 bridgehead atoms. The molecule has 8 heteroatoms. The van der Waals surface area contributed by atoms with Crippen LogP contribution in [0.2, 0.25) is 10.0 Å². The predicted octanol–water partition coefficient (Wildman–Crippen LogP) is 5.44. The third-order valence-corrected chi connectivity index (χ3v) is 7.15. The van der Waals surface area contributed by atoms with Crippen LogP contribution >= 0.6 is 23.2 Å². The number of halogens is 2. The van der Waals surface area contributed by atoms with Crippen LogP contribution in [0.4, 0.5) is 5.69 Å². The molecule has 5 nitrogen and oxygen atoms in total. The highest BCUT2D eigenvalue weighted by molar-refractivity contribution is 7.89.